The van der Waals surface area contributed by atoms with E-state index in [-0.39, 0.29) is 28.8 Å². The second-order valence-electron chi connectivity index (χ2n) is 5.36. The number of H-pyrrole nitrogens is 1. The lowest BCUT2D eigenvalue weighted by Crippen LogP contribution is -2.45. The highest BCUT2D eigenvalue weighted by Gasteiger charge is 2.34. The molecule has 1 amide bonds. The van der Waals surface area contributed by atoms with Crippen molar-refractivity contribution in [1.29, 1.82) is 0 Å². The predicted molar refractivity (Wildman–Crippen MR) is 85.0 cm³/mol. The smallest absolute Gasteiger partial charge is 0.270 e. The summed E-state index contributed by atoms with van der Waals surface area (Å²) in [6.45, 7) is 0.661. The van der Waals surface area contributed by atoms with Crippen LogP contribution in [-0.4, -0.2) is 36.6 Å². The number of aromatic amines is 1. The number of hydrogen-bond acceptors (Lipinski definition) is 4. The van der Waals surface area contributed by atoms with E-state index >= 15 is 0 Å². The van der Waals surface area contributed by atoms with Gasteiger partial charge in [0.1, 0.15) is 11.4 Å². The van der Waals surface area contributed by atoms with Crippen molar-refractivity contribution in [2.45, 2.75) is 12.5 Å². The van der Waals surface area contributed by atoms with Crippen LogP contribution in [0.5, 0.6) is 11.5 Å². The predicted octanol–water partition coefficient (Wildman–Crippen LogP) is 1.98. The minimum atomic E-state index is -0.312. The quantitative estimate of drug-likeness (QED) is 0.936. The number of methoxy groups -OCH3 is 2. The Hall–Kier alpha value is -2.76. The van der Waals surface area contributed by atoms with E-state index in [2.05, 4.69) is 4.98 Å². The summed E-state index contributed by atoms with van der Waals surface area (Å²) in [6, 6.07) is 8.97. The van der Waals surface area contributed by atoms with E-state index in [1.54, 1.807) is 12.0 Å². The van der Waals surface area contributed by atoms with Gasteiger partial charge in [-0.3, -0.25) is 9.59 Å². The van der Waals surface area contributed by atoms with Crippen molar-refractivity contribution in [3.63, 3.8) is 0 Å². The van der Waals surface area contributed by atoms with Gasteiger partial charge in [-0.2, -0.15) is 0 Å². The van der Waals surface area contributed by atoms with Crippen LogP contribution in [0.2, 0.25) is 0 Å². The van der Waals surface area contributed by atoms with Gasteiger partial charge in [0.15, 0.2) is 5.75 Å². The highest BCUT2D eigenvalue weighted by molar-refractivity contribution is 5.93. The summed E-state index contributed by atoms with van der Waals surface area (Å²) < 4.78 is 10.1. The first kappa shape index (κ1) is 15.1. The number of carbonyl (C=O) groups excluding carboxylic acids is 1. The van der Waals surface area contributed by atoms with Crippen molar-refractivity contribution in [3.8, 4) is 11.5 Å². The number of nitrogens with one attached hydrogen (secondary N) is 1. The molecule has 6 heteroatoms. The van der Waals surface area contributed by atoms with Crippen molar-refractivity contribution >= 4 is 5.91 Å². The number of hydrogen-bond donors (Lipinski definition) is 1. The molecule has 3 rings (SSSR count). The Kier molecular flexibility index (Phi) is 4.06. The fraction of sp³-hybridized carbons (Fsp3) is 0.294. The van der Waals surface area contributed by atoms with Crippen LogP contribution in [-0.2, 0) is 0 Å². The number of ether oxygens (including phenoxy) is 2. The highest BCUT2D eigenvalue weighted by atomic mass is 16.5. The number of likely N-dealkylation sites (tertiary alicyclic amines) is 1. The monoisotopic (exact) mass is 314 g/mol. The molecule has 0 bridgehead atoms. The van der Waals surface area contributed by atoms with Crippen LogP contribution in [0, 0.1) is 0 Å². The molecule has 1 atom stereocenters. The molecule has 120 valence electrons. The van der Waals surface area contributed by atoms with Crippen molar-refractivity contribution < 1.29 is 14.3 Å². The number of benzene rings is 1. The number of rotatable bonds is 4. The Balaban J connectivity index is 1.82. The van der Waals surface area contributed by atoms with Gasteiger partial charge >= 0.3 is 0 Å². The lowest BCUT2D eigenvalue weighted by Gasteiger charge is -2.41. The molecule has 1 aromatic carbocycles. The first-order chi connectivity index (χ1) is 11.1. The van der Waals surface area contributed by atoms with Crippen LogP contribution < -0.4 is 14.9 Å². The van der Waals surface area contributed by atoms with Gasteiger partial charge in [-0.1, -0.05) is 12.1 Å². The summed E-state index contributed by atoms with van der Waals surface area (Å²) in [5.41, 5.74) is 0.983. The topological polar surface area (TPSA) is 71.6 Å². The number of pyridine rings is 1. The maximum absolute atomic E-state index is 12.6. The summed E-state index contributed by atoms with van der Waals surface area (Å²) in [5, 5.41) is 0. The van der Waals surface area contributed by atoms with Crippen LogP contribution in [0.25, 0.3) is 0 Å². The highest BCUT2D eigenvalue weighted by Crippen LogP contribution is 2.35. The largest absolute Gasteiger partial charge is 0.497 e. The van der Waals surface area contributed by atoms with Crippen molar-refractivity contribution in [3.05, 3.63) is 58.0 Å². The molecule has 0 unspecified atom stereocenters. The van der Waals surface area contributed by atoms with Gasteiger partial charge in [-0.15, -0.1) is 0 Å². The first-order valence-corrected chi connectivity index (χ1v) is 7.35. The molecule has 1 fully saturated rings. The molecular formula is C17H18N2O4. The van der Waals surface area contributed by atoms with Crippen molar-refractivity contribution in [2.24, 2.45) is 0 Å². The van der Waals surface area contributed by atoms with Gasteiger partial charge in [0, 0.05) is 18.8 Å². The van der Waals surface area contributed by atoms with Crippen LogP contribution in [0.15, 0.2) is 41.3 Å². The van der Waals surface area contributed by atoms with Crippen molar-refractivity contribution in [1.82, 2.24) is 9.88 Å². The minimum Gasteiger partial charge on any atom is -0.497 e. The van der Waals surface area contributed by atoms with E-state index < -0.39 is 0 Å². The van der Waals surface area contributed by atoms with Gasteiger partial charge in [-0.05, 0) is 24.1 Å². The van der Waals surface area contributed by atoms with Gasteiger partial charge in [0.05, 0.1) is 20.3 Å². The van der Waals surface area contributed by atoms with E-state index in [1.165, 1.54) is 19.4 Å². The molecule has 2 heterocycles. The lowest BCUT2D eigenvalue weighted by atomic mass is 9.94. The first-order valence-electron chi connectivity index (χ1n) is 7.35. The van der Waals surface area contributed by atoms with Gasteiger partial charge < -0.3 is 19.4 Å². The second kappa shape index (κ2) is 6.16. The summed E-state index contributed by atoms with van der Waals surface area (Å²) in [7, 11) is 3.03. The number of aromatic nitrogens is 1. The Morgan fingerprint density at radius 1 is 1.26 bits per heavy atom. The lowest BCUT2D eigenvalue weighted by molar-refractivity contribution is 0.0453. The van der Waals surface area contributed by atoms with Crippen LogP contribution >= 0.6 is 0 Å². The van der Waals surface area contributed by atoms with E-state index in [9.17, 15) is 9.59 Å². The zero-order chi connectivity index (χ0) is 16.4. The Morgan fingerprint density at radius 2 is 2.09 bits per heavy atom. The van der Waals surface area contributed by atoms with E-state index in [0.717, 1.165) is 17.7 Å². The second-order valence-corrected chi connectivity index (χ2v) is 5.36. The molecule has 1 N–H and O–H groups in total. The van der Waals surface area contributed by atoms with Crippen LogP contribution in [0.4, 0.5) is 0 Å². The van der Waals surface area contributed by atoms with Crippen molar-refractivity contribution in [2.75, 3.05) is 20.8 Å². The molecule has 23 heavy (non-hydrogen) atoms. The van der Waals surface area contributed by atoms with E-state index in [1.807, 2.05) is 24.3 Å². The fourth-order valence-electron chi connectivity index (χ4n) is 2.72. The number of carbonyl (C=O) groups is 1. The summed E-state index contributed by atoms with van der Waals surface area (Å²) in [4.78, 5) is 29.0. The molecule has 0 aliphatic carbocycles. The maximum Gasteiger partial charge on any atom is 0.270 e. The van der Waals surface area contributed by atoms with Crippen LogP contribution in [0.3, 0.4) is 0 Å². The standard InChI is InChI=1S/C17H18N2O4/c1-22-12-5-3-4-11(8-12)14-6-7-19(14)17(21)13-9-15(20)16(23-2)10-18-13/h3-5,8-10,14H,6-7H2,1-2H3,(H,18,20)/t14-/m1/s1. The normalized spacial score (nSPS) is 16.6. The molecule has 1 aliphatic rings. The molecule has 1 aliphatic heterocycles. The molecule has 2 aromatic rings. The third-order valence-electron chi connectivity index (χ3n) is 4.09. The zero-order valence-electron chi connectivity index (χ0n) is 13.0. The van der Waals surface area contributed by atoms with Gasteiger partial charge in [-0.25, -0.2) is 0 Å². The minimum absolute atomic E-state index is 0.00297. The fourth-order valence-corrected chi connectivity index (χ4v) is 2.72. The Morgan fingerprint density at radius 3 is 2.70 bits per heavy atom. The van der Waals surface area contributed by atoms with Gasteiger partial charge in [0.25, 0.3) is 5.91 Å². The average Bonchev–Trinajstić information content (AvgIpc) is 2.54. The summed E-state index contributed by atoms with van der Waals surface area (Å²) in [5.74, 6) is 0.762. The zero-order valence-corrected chi connectivity index (χ0v) is 13.0. The van der Waals surface area contributed by atoms with Gasteiger partial charge in [0.2, 0.25) is 5.43 Å². The molecule has 0 radical (unpaired) electrons. The molecular weight excluding hydrogens is 296 g/mol. The molecule has 0 spiro atoms. The Bertz CT molecular complexity index is 784. The SMILES string of the molecule is COc1cccc([C@H]2CCN2C(=O)c2cc(=O)c(OC)c[nH]2)c1. The maximum atomic E-state index is 12.6. The third kappa shape index (κ3) is 2.79. The summed E-state index contributed by atoms with van der Waals surface area (Å²) >= 11 is 0. The third-order valence-corrected chi connectivity index (χ3v) is 4.09. The Labute approximate surface area is 133 Å². The van der Waals surface area contributed by atoms with Crippen LogP contribution in [0.1, 0.15) is 28.5 Å². The molecule has 0 saturated carbocycles. The summed E-state index contributed by atoms with van der Waals surface area (Å²) in [6.07, 6.45) is 2.30. The molecule has 1 saturated heterocycles. The van der Waals surface area contributed by atoms with E-state index in [4.69, 9.17) is 9.47 Å². The average molecular weight is 314 g/mol. The van der Waals surface area contributed by atoms with E-state index in [0.29, 0.717) is 6.54 Å². The number of amides is 1. The molecule has 1 aromatic heterocycles. The molecule has 6 nitrogen and oxygen atoms in total. The number of nitrogens with zero attached hydrogens (tertiary/aromatic N) is 1.